The van der Waals surface area contributed by atoms with Crippen molar-refractivity contribution in [3.8, 4) is 0 Å². The molecule has 2 aromatic rings. The van der Waals surface area contributed by atoms with Gasteiger partial charge in [-0.15, -0.1) is 0 Å². The van der Waals surface area contributed by atoms with E-state index < -0.39 is 6.04 Å². The first-order valence-corrected chi connectivity index (χ1v) is 15.4. The molecule has 0 radical (unpaired) electrons. The summed E-state index contributed by atoms with van der Waals surface area (Å²) < 4.78 is 0. The van der Waals surface area contributed by atoms with E-state index in [0.29, 0.717) is 30.8 Å². The van der Waals surface area contributed by atoms with Gasteiger partial charge in [-0.2, -0.15) is 0 Å². The van der Waals surface area contributed by atoms with E-state index in [4.69, 9.17) is 0 Å². The standard InChI is InChI=1S/C33H47N5O2/c1-24(2)22-38(27-13-16-34-17-14-27)28-15-19-37(23-28)33(40)31(20-25-8-4-3-5-9-25)36-32(39)21-30-29-11-7-6-10-26(29)12-18-35-30/h3-11,24,27-28,30-31,34-35H,12-23H2,1-2H3,(H,36,39)/t28?,30?,31-/m1/s1. The fourth-order valence-electron chi connectivity index (χ4n) is 6.85. The first-order chi connectivity index (χ1) is 19.5. The van der Waals surface area contributed by atoms with Gasteiger partial charge < -0.3 is 20.9 Å². The Hall–Kier alpha value is -2.74. The van der Waals surface area contributed by atoms with Crippen LogP contribution in [0.25, 0.3) is 0 Å². The molecular weight excluding hydrogens is 498 g/mol. The minimum atomic E-state index is -0.565. The number of carbonyl (C=O) groups excluding carboxylic acids is 2. The fraction of sp³-hybridized carbons (Fsp3) is 0.576. The van der Waals surface area contributed by atoms with Crippen molar-refractivity contribution in [3.63, 3.8) is 0 Å². The Kier molecular flexibility index (Phi) is 9.89. The molecule has 3 aliphatic rings. The van der Waals surface area contributed by atoms with Gasteiger partial charge in [-0.1, -0.05) is 68.4 Å². The number of nitrogens with one attached hydrogen (secondary N) is 3. The van der Waals surface area contributed by atoms with Crippen molar-refractivity contribution in [1.29, 1.82) is 0 Å². The Labute approximate surface area is 240 Å². The van der Waals surface area contributed by atoms with E-state index in [9.17, 15) is 9.59 Å². The molecule has 3 heterocycles. The lowest BCUT2D eigenvalue weighted by molar-refractivity contribution is -0.136. The third-order valence-electron chi connectivity index (χ3n) is 8.82. The van der Waals surface area contributed by atoms with Crippen LogP contribution in [0.5, 0.6) is 0 Å². The maximum Gasteiger partial charge on any atom is 0.245 e. The summed E-state index contributed by atoms with van der Waals surface area (Å²) in [4.78, 5) is 32.1. The van der Waals surface area contributed by atoms with Gasteiger partial charge in [0.2, 0.25) is 11.8 Å². The Morgan fingerprint density at radius 3 is 2.50 bits per heavy atom. The second-order valence-corrected chi connectivity index (χ2v) is 12.3. The van der Waals surface area contributed by atoms with Crippen LogP contribution in [-0.4, -0.2) is 79.0 Å². The zero-order chi connectivity index (χ0) is 27.9. The summed E-state index contributed by atoms with van der Waals surface area (Å²) in [6.45, 7) is 10.1. The molecule has 0 saturated carbocycles. The monoisotopic (exact) mass is 545 g/mol. The molecule has 3 N–H and O–H groups in total. The third kappa shape index (κ3) is 7.31. The molecule has 0 bridgehead atoms. The van der Waals surface area contributed by atoms with E-state index in [1.807, 2.05) is 41.3 Å². The van der Waals surface area contributed by atoms with Gasteiger partial charge in [-0.25, -0.2) is 0 Å². The lowest BCUT2D eigenvalue weighted by Crippen LogP contribution is -2.52. The van der Waals surface area contributed by atoms with Crippen LogP contribution < -0.4 is 16.0 Å². The highest BCUT2D eigenvalue weighted by atomic mass is 16.2. The summed E-state index contributed by atoms with van der Waals surface area (Å²) in [6, 6.07) is 18.8. The van der Waals surface area contributed by atoms with Crippen molar-refractivity contribution in [2.24, 2.45) is 5.92 Å². The number of hydrogen-bond donors (Lipinski definition) is 3. The van der Waals surface area contributed by atoms with E-state index >= 15 is 0 Å². The molecule has 2 saturated heterocycles. The predicted octanol–water partition coefficient (Wildman–Crippen LogP) is 3.30. The largest absolute Gasteiger partial charge is 0.344 e. The van der Waals surface area contributed by atoms with E-state index in [2.05, 4.69) is 52.9 Å². The highest BCUT2D eigenvalue weighted by molar-refractivity contribution is 5.88. The quantitative estimate of drug-likeness (QED) is 0.427. The summed E-state index contributed by atoms with van der Waals surface area (Å²) >= 11 is 0. The van der Waals surface area contributed by atoms with Crippen LogP contribution in [0.1, 0.15) is 62.3 Å². The van der Waals surface area contributed by atoms with Crippen molar-refractivity contribution < 1.29 is 9.59 Å². The number of fused-ring (bicyclic) bond motifs is 1. The summed E-state index contributed by atoms with van der Waals surface area (Å²) in [7, 11) is 0. The van der Waals surface area contributed by atoms with Gasteiger partial charge in [0.15, 0.2) is 0 Å². The molecule has 7 nitrogen and oxygen atoms in total. The number of hydrogen-bond acceptors (Lipinski definition) is 5. The maximum atomic E-state index is 14.0. The van der Waals surface area contributed by atoms with Crippen LogP contribution in [0.15, 0.2) is 54.6 Å². The average Bonchev–Trinajstić information content (AvgIpc) is 3.46. The molecule has 0 spiro atoms. The molecule has 0 aliphatic carbocycles. The number of rotatable bonds is 10. The van der Waals surface area contributed by atoms with Crippen molar-refractivity contribution in [3.05, 3.63) is 71.3 Å². The Balaban J connectivity index is 1.27. The van der Waals surface area contributed by atoms with Gasteiger partial charge in [-0.3, -0.25) is 14.5 Å². The highest BCUT2D eigenvalue weighted by Crippen LogP contribution is 2.26. The summed E-state index contributed by atoms with van der Waals surface area (Å²) in [5.41, 5.74) is 3.56. The van der Waals surface area contributed by atoms with E-state index in [0.717, 1.165) is 57.7 Å². The zero-order valence-corrected chi connectivity index (χ0v) is 24.3. The van der Waals surface area contributed by atoms with Crippen LogP contribution in [-0.2, 0) is 22.4 Å². The predicted molar refractivity (Wildman–Crippen MR) is 160 cm³/mol. The lowest BCUT2D eigenvalue weighted by atomic mass is 9.92. The van der Waals surface area contributed by atoms with Crippen molar-refractivity contribution in [1.82, 2.24) is 25.8 Å². The average molecular weight is 546 g/mol. The van der Waals surface area contributed by atoms with E-state index in [1.165, 1.54) is 24.0 Å². The molecule has 7 heteroatoms. The normalized spacial score (nSPS) is 22.4. The van der Waals surface area contributed by atoms with Gasteiger partial charge in [-0.05, 0) is 67.9 Å². The van der Waals surface area contributed by atoms with Gasteiger partial charge in [0, 0.05) is 50.6 Å². The summed E-state index contributed by atoms with van der Waals surface area (Å²) in [5, 5.41) is 10.2. The second kappa shape index (κ2) is 13.7. The minimum absolute atomic E-state index is 0.0248. The first kappa shape index (κ1) is 28.8. The van der Waals surface area contributed by atoms with Crippen LogP contribution in [0.3, 0.4) is 0 Å². The molecule has 0 aromatic heterocycles. The van der Waals surface area contributed by atoms with Crippen LogP contribution >= 0.6 is 0 Å². The molecule has 3 atom stereocenters. The van der Waals surface area contributed by atoms with Crippen LogP contribution in [0, 0.1) is 5.92 Å². The number of likely N-dealkylation sites (tertiary alicyclic amines) is 1. The maximum absolute atomic E-state index is 14.0. The summed E-state index contributed by atoms with van der Waals surface area (Å²) in [6.07, 6.45) is 5.15. The molecule has 2 unspecified atom stereocenters. The van der Waals surface area contributed by atoms with Gasteiger partial charge in [0.1, 0.15) is 6.04 Å². The van der Waals surface area contributed by atoms with Gasteiger partial charge in [0.25, 0.3) is 0 Å². The SMILES string of the molecule is CC(C)CN(C1CCNCC1)C1CCN(C(=O)[C@@H](Cc2ccccc2)NC(=O)CC2NCCc3ccccc32)C1. The highest BCUT2D eigenvalue weighted by Gasteiger charge is 2.37. The van der Waals surface area contributed by atoms with Gasteiger partial charge >= 0.3 is 0 Å². The topological polar surface area (TPSA) is 76.7 Å². The second-order valence-electron chi connectivity index (χ2n) is 12.3. The molecule has 2 amide bonds. The molecular formula is C33H47N5O2. The van der Waals surface area contributed by atoms with E-state index in [-0.39, 0.29) is 17.9 Å². The minimum Gasteiger partial charge on any atom is -0.344 e. The zero-order valence-electron chi connectivity index (χ0n) is 24.3. The van der Waals surface area contributed by atoms with Crippen molar-refractivity contribution in [2.45, 2.75) is 76.5 Å². The Bertz CT molecular complexity index is 1120. The van der Waals surface area contributed by atoms with E-state index in [1.54, 1.807) is 0 Å². The summed E-state index contributed by atoms with van der Waals surface area (Å²) in [5.74, 6) is 0.560. The molecule has 5 rings (SSSR count). The third-order valence-corrected chi connectivity index (χ3v) is 8.82. The molecule has 216 valence electrons. The number of nitrogens with zero attached hydrogens (tertiary/aromatic N) is 2. The number of carbonyl (C=O) groups is 2. The smallest absolute Gasteiger partial charge is 0.245 e. The molecule has 2 fully saturated rings. The number of piperidine rings is 1. The Morgan fingerprint density at radius 1 is 0.975 bits per heavy atom. The van der Waals surface area contributed by atoms with Gasteiger partial charge in [0.05, 0.1) is 0 Å². The number of amides is 2. The molecule has 2 aromatic carbocycles. The lowest BCUT2D eigenvalue weighted by Gasteiger charge is -2.40. The molecule has 3 aliphatic heterocycles. The Morgan fingerprint density at radius 2 is 1.73 bits per heavy atom. The first-order valence-electron chi connectivity index (χ1n) is 15.4. The molecule has 40 heavy (non-hydrogen) atoms. The number of benzene rings is 2. The van der Waals surface area contributed by atoms with Crippen LogP contribution in [0.4, 0.5) is 0 Å². The fourth-order valence-corrected chi connectivity index (χ4v) is 6.85. The van der Waals surface area contributed by atoms with Crippen molar-refractivity contribution in [2.75, 3.05) is 39.3 Å². The van der Waals surface area contributed by atoms with Crippen molar-refractivity contribution >= 4 is 11.8 Å². The van der Waals surface area contributed by atoms with Crippen LogP contribution in [0.2, 0.25) is 0 Å².